The topological polar surface area (TPSA) is 83.1 Å². The summed E-state index contributed by atoms with van der Waals surface area (Å²) in [6, 6.07) is 32.9. The number of ether oxygens (including phenoxy) is 2. The smallest absolute Gasteiger partial charge is 0.257 e. The molecule has 0 saturated heterocycles. The fourth-order valence-corrected chi connectivity index (χ4v) is 5.63. The molecule has 10 heteroatoms. The van der Waals surface area contributed by atoms with Crippen LogP contribution in [0.15, 0.2) is 109 Å². The highest BCUT2D eigenvalue weighted by molar-refractivity contribution is 7.80. The van der Waals surface area contributed by atoms with Crippen molar-refractivity contribution in [1.82, 2.24) is 20.4 Å². The molecule has 8 nitrogen and oxygen atoms in total. The van der Waals surface area contributed by atoms with Gasteiger partial charge in [-0.15, -0.1) is 0 Å². The molecule has 0 aliphatic carbocycles. The van der Waals surface area contributed by atoms with Crippen molar-refractivity contribution in [1.29, 1.82) is 0 Å². The zero-order valence-corrected chi connectivity index (χ0v) is 27.9. The van der Waals surface area contributed by atoms with Crippen molar-refractivity contribution in [3.8, 4) is 11.5 Å². The molecular formula is C36H38N4O4S2. The summed E-state index contributed by atoms with van der Waals surface area (Å²) < 4.78 is 10.7. The summed E-state index contributed by atoms with van der Waals surface area (Å²) in [5.74, 6) is 0.876. The number of carbonyl (C=O) groups excluding carboxylic acids is 2. The van der Waals surface area contributed by atoms with Crippen LogP contribution >= 0.6 is 24.4 Å². The van der Waals surface area contributed by atoms with E-state index < -0.39 is 0 Å². The minimum Gasteiger partial charge on any atom is -0.497 e. The van der Waals surface area contributed by atoms with Crippen molar-refractivity contribution in [3.63, 3.8) is 0 Å². The summed E-state index contributed by atoms with van der Waals surface area (Å²) in [7, 11) is 3.24. The van der Waals surface area contributed by atoms with Crippen molar-refractivity contribution in [2.45, 2.75) is 25.9 Å². The number of carbonyl (C=O) groups is 2. The third-order valence-corrected chi connectivity index (χ3v) is 8.42. The Kier molecular flexibility index (Phi) is 12.2. The first-order valence-electron chi connectivity index (χ1n) is 14.8. The van der Waals surface area contributed by atoms with Crippen molar-refractivity contribution >= 4 is 46.5 Å². The minimum absolute atomic E-state index is 0.222. The van der Waals surface area contributed by atoms with Crippen molar-refractivity contribution in [2.24, 2.45) is 0 Å². The van der Waals surface area contributed by atoms with Crippen LogP contribution in [0.2, 0.25) is 0 Å². The molecule has 4 aromatic rings. The molecule has 0 saturated carbocycles. The Balaban J connectivity index is 1.62. The summed E-state index contributed by atoms with van der Waals surface area (Å²) in [5.41, 5.74) is 2.96. The number of amides is 2. The highest BCUT2D eigenvalue weighted by Crippen LogP contribution is 2.26. The van der Waals surface area contributed by atoms with Gasteiger partial charge in [0.25, 0.3) is 11.8 Å². The van der Waals surface area contributed by atoms with Crippen molar-refractivity contribution in [3.05, 3.63) is 131 Å². The molecule has 2 atom stereocenters. The average Bonchev–Trinajstić information content (AvgIpc) is 3.10. The van der Waals surface area contributed by atoms with Crippen LogP contribution in [0.3, 0.4) is 0 Å². The van der Waals surface area contributed by atoms with Gasteiger partial charge in [0, 0.05) is 24.2 Å². The van der Waals surface area contributed by atoms with Crippen LogP contribution in [0.4, 0.5) is 0 Å². The molecule has 2 unspecified atom stereocenters. The lowest BCUT2D eigenvalue weighted by atomic mass is 10.1. The van der Waals surface area contributed by atoms with Gasteiger partial charge in [0.1, 0.15) is 11.5 Å². The number of methoxy groups -OCH3 is 2. The van der Waals surface area contributed by atoms with Crippen LogP contribution in [0, 0.1) is 0 Å². The summed E-state index contributed by atoms with van der Waals surface area (Å²) >= 11 is 11.7. The Bertz CT molecular complexity index is 1490. The first-order valence-corrected chi connectivity index (χ1v) is 15.6. The number of hydrogen-bond donors (Lipinski definition) is 2. The predicted octanol–water partition coefficient (Wildman–Crippen LogP) is 6.56. The van der Waals surface area contributed by atoms with Gasteiger partial charge in [-0.3, -0.25) is 20.2 Å². The van der Waals surface area contributed by atoms with Crippen molar-refractivity contribution in [2.75, 3.05) is 27.3 Å². The minimum atomic E-state index is -0.299. The number of benzene rings is 4. The fraction of sp³-hybridized carbons (Fsp3) is 0.222. The molecule has 0 radical (unpaired) electrons. The maximum absolute atomic E-state index is 13.1. The second-order valence-electron chi connectivity index (χ2n) is 10.5. The molecule has 0 spiro atoms. The van der Waals surface area contributed by atoms with Crippen molar-refractivity contribution < 1.29 is 19.1 Å². The molecule has 0 aliphatic rings. The first kappa shape index (κ1) is 34.1. The van der Waals surface area contributed by atoms with Gasteiger partial charge >= 0.3 is 0 Å². The van der Waals surface area contributed by atoms with Gasteiger partial charge in [-0.2, -0.15) is 0 Å². The van der Waals surface area contributed by atoms with E-state index in [1.54, 1.807) is 62.8 Å². The molecule has 0 heterocycles. The Morgan fingerprint density at radius 2 is 0.913 bits per heavy atom. The Hall–Kier alpha value is -4.80. The van der Waals surface area contributed by atoms with E-state index in [2.05, 4.69) is 10.6 Å². The van der Waals surface area contributed by atoms with Crippen LogP contribution < -0.4 is 20.1 Å². The van der Waals surface area contributed by atoms with E-state index >= 15 is 0 Å². The SMILES string of the molecule is COc1ccc(C(C)N(CCN(C(=S)NC(=O)c2ccccc2)C(C)c2ccc(OC)cc2)C(=S)NC(=O)c2ccccc2)cc1. The zero-order valence-electron chi connectivity index (χ0n) is 26.3. The summed E-state index contributed by atoms with van der Waals surface area (Å²) in [5, 5.41) is 6.36. The number of nitrogens with zero attached hydrogens (tertiary/aromatic N) is 2. The van der Waals surface area contributed by atoms with Gasteiger partial charge in [-0.25, -0.2) is 0 Å². The molecule has 0 bridgehead atoms. The number of nitrogens with one attached hydrogen (secondary N) is 2. The highest BCUT2D eigenvalue weighted by Gasteiger charge is 2.26. The van der Waals surface area contributed by atoms with E-state index in [-0.39, 0.29) is 34.1 Å². The molecule has 2 amide bonds. The number of thiocarbonyl (C=S) groups is 2. The maximum atomic E-state index is 13.1. The van der Waals surface area contributed by atoms with Gasteiger partial charge in [-0.05, 0) is 97.9 Å². The lowest BCUT2D eigenvalue weighted by molar-refractivity contribution is 0.0960. The second kappa shape index (κ2) is 16.5. The van der Waals surface area contributed by atoms with Gasteiger partial charge < -0.3 is 19.3 Å². The van der Waals surface area contributed by atoms with Crippen LogP contribution in [0.1, 0.15) is 57.8 Å². The molecule has 0 fully saturated rings. The molecule has 4 aromatic carbocycles. The Labute approximate surface area is 281 Å². The number of rotatable bonds is 11. The van der Waals surface area contributed by atoms with E-state index in [1.165, 1.54) is 0 Å². The quantitative estimate of drug-likeness (QED) is 0.176. The van der Waals surface area contributed by atoms with Gasteiger partial charge in [0.15, 0.2) is 10.2 Å². The molecule has 0 aromatic heterocycles. The molecule has 2 N–H and O–H groups in total. The van der Waals surface area contributed by atoms with E-state index in [9.17, 15) is 9.59 Å². The molecular weight excluding hydrogens is 617 g/mol. The van der Waals surface area contributed by atoms with Gasteiger partial charge in [-0.1, -0.05) is 60.7 Å². The van der Waals surface area contributed by atoms with Crippen LogP contribution in [0.5, 0.6) is 11.5 Å². The summed E-state index contributed by atoms with van der Waals surface area (Å²) in [6.45, 7) is 4.80. The normalized spacial score (nSPS) is 11.8. The second-order valence-corrected chi connectivity index (χ2v) is 11.3. The number of hydrogen-bond acceptors (Lipinski definition) is 6. The van der Waals surface area contributed by atoms with Crippen LogP contribution in [-0.4, -0.2) is 59.1 Å². The molecule has 238 valence electrons. The third-order valence-electron chi connectivity index (χ3n) is 7.75. The average molecular weight is 655 g/mol. The van der Waals surface area contributed by atoms with Crippen LogP contribution in [-0.2, 0) is 0 Å². The molecule has 0 aliphatic heterocycles. The van der Waals surface area contributed by atoms with Crippen LogP contribution in [0.25, 0.3) is 0 Å². The summed E-state index contributed by atoms with van der Waals surface area (Å²) in [4.78, 5) is 30.1. The highest BCUT2D eigenvalue weighted by atomic mass is 32.1. The predicted molar refractivity (Wildman–Crippen MR) is 189 cm³/mol. The van der Waals surface area contributed by atoms with Gasteiger partial charge in [0.05, 0.1) is 26.3 Å². The maximum Gasteiger partial charge on any atom is 0.257 e. The monoisotopic (exact) mass is 654 g/mol. The van der Waals surface area contributed by atoms with E-state index in [0.29, 0.717) is 24.2 Å². The van der Waals surface area contributed by atoms with E-state index in [0.717, 1.165) is 22.6 Å². The third kappa shape index (κ3) is 8.89. The molecule has 4 rings (SSSR count). The standard InChI is InChI=1S/C36H38N4O4S2/c1-25(27-15-19-31(43-3)20-16-27)39(35(45)37-33(41)29-11-7-5-8-12-29)23-24-40(26(2)28-17-21-32(44-4)22-18-28)36(46)38-34(42)30-13-9-6-10-14-30/h5-22,25-26H,23-24H2,1-4H3,(H,37,41,45)(H,38,42,46). The lowest BCUT2D eigenvalue weighted by Crippen LogP contribution is -2.50. The molecule has 46 heavy (non-hydrogen) atoms. The largest absolute Gasteiger partial charge is 0.497 e. The lowest BCUT2D eigenvalue weighted by Gasteiger charge is -2.37. The van der Waals surface area contributed by atoms with E-state index in [1.807, 2.05) is 84.3 Å². The van der Waals surface area contributed by atoms with Gasteiger partial charge in [0.2, 0.25) is 0 Å². The first-order chi connectivity index (χ1) is 22.2. The van der Waals surface area contributed by atoms with E-state index in [4.69, 9.17) is 33.9 Å². The Morgan fingerprint density at radius 3 is 1.22 bits per heavy atom. The fourth-order valence-electron chi connectivity index (χ4n) is 4.94. The summed E-state index contributed by atoms with van der Waals surface area (Å²) in [6.07, 6.45) is 0. The Morgan fingerprint density at radius 1 is 0.587 bits per heavy atom. The zero-order chi connectivity index (χ0) is 33.1.